The van der Waals surface area contributed by atoms with E-state index in [1.54, 1.807) is 0 Å². The van der Waals surface area contributed by atoms with Crippen molar-refractivity contribution < 1.29 is 49.2 Å². The van der Waals surface area contributed by atoms with Gasteiger partial charge in [-0.25, -0.2) is 9.59 Å². The third-order valence-electron chi connectivity index (χ3n) is 6.22. The first-order chi connectivity index (χ1) is 19.8. The second kappa shape index (κ2) is 13.2. The highest BCUT2D eigenvalue weighted by atomic mass is 16.4. The highest BCUT2D eigenvalue weighted by Gasteiger charge is 2.38. The number of carbonyl (C=O) groups is 6. The minimum Gasteiger partial charge on any atom is -0.507 e. The quantitative estimate of drug-likeness (QED) is 0.101. The maximum Gasteiger partial charge on any atom is 0.405 e. The smallest absolute Gasteiger partial charge is 0.405 e. The van der Waals surface area contributed by atoms with Gasteiger partial charge in [0.15, 0.2) is 0 Å². The zero-order valence-corrected chi connectivity index (χ0v) is 22.5. The summed E-state index contributed by atoms with van der Waals surface area (Å²) in [7, 11) is 0. The van der Waals surface area contributed by atoms with Crippen molar-refractivity contribution in [1.82, 2.24) is 21.3 Å². The number of ketones is 2. The zero-order valence-electron chi connectivity index (χ0n) is 22.5. The zero-order chi connectivity index (χ0) is 31.1. The normalized spacial score (nSPS) is 13.1. The Kier molecular flexibility index (Phi) is 9.75. The number of phenolic OH excluding ortho intramolecular Hbond substituents is 2. The average Bonchev–Trinajstić information content (AvgIpc) is 2.92. The predicted molar refractivity (Wildman–Crippen MR) is 147 cm³/mol. The highest BCUT2D eigenvalue weighted by molar-refractivity contribution is 6.33. The fourth-order valence-corrected chi connectivity index (χ4v) is 4.23. The van der Waals surface area contributed by atoms with Gasteiger partial charge in [0.1, 0.15) is 23.6 Å². The van der Waals surface area contributed by atoms with E-state index < -0.39 is 59.2 Å². The van der Waals surface area contributed by atoms with Crippen LogP contribution < -0.4 is 31.9 Å². The summed E-state index contributed by atoms with van der Waals surface area (Å²) in [5.41, 5.74) is -0.573. The number of anilines is 2. The molecule has 0 bridgehead atoms. The third kappa shape index (κ3) is 6.96. The van der Waals surface area contributed by atoms with E-state index in [0.29, 0.717) is 0 Å². The van der Waals surface area contributed by atoms with Gasteiger partial charge in [0.05, 0.1) is 22.3 Å². The summed E-state index contributed by atoms with van der Waals surface area (Å²) in [6.45, 7) is 2.92. The molecule has 0 heterocycles. The molecule has 2 atom stereocenters. The molecule has 0 saturated carbocycles. The molecule has 1 aliphatic carbocycles. The van der Waals surface area contributed by atoms with Crippen LogP contribution in [0.4, 0.5) is 21.0 Å². The third-order valence-corrected chi connectivity index (χ3v) is 6.22. The molecule has 10 N–H and O–H groups in total. The SMILES string of the molecule is CC(NC(=O)O)C(=O)NCCNc1ccc(NCCNC(=O)C(C)NC(=O)O)c2c1C(=O)c1c(O)ccc(O)c1C2=O. The van der Waals surface area contributed by atoms with Gasteiger partial charge in [-0.3, -0.25) is 19.2 Å². The summed E-state index contributed by atoms with van der Waals surface area (Å²) >= 11 is 0. The first-order valence-electron chi connectivity index (χ1n) is 12.7. The second-order valence-electron chi connectivity index (χ2n) is 9.20. The standard InChI is InChI=1S/C26H30N6O10/c1-11(31-25(39)40)23(37)29-9-7-27-13-3-4-14(28-8-10-30-24(38)12(2)32-26(41)42)18-17(13)21(35)19-15(33)5-6-16(34)20(19)22(18)36/h3-6,11-12,27-28,31-34H,7-10H2,1-2H3,(H,29,37)(H,30,38)(H,39,40)(H,41,42). The number of fused-ring (bicyclic) bond motifs is 2. The minimum atomic E-state index is -1.36. The van der Waals surface area contributed by atoms with E-state index in [0.717, 1.165) is 12.1 Å². The molecule has 0 radical (unpaired) electrons. The van der Waals surface area contributed by atoms with E-state index in [2.05, 4.69) is 21.3 Å². The molecule has 16 nitrogen and oxygen atoms in total. The number of phenols is 2. The molecule has 0 fully saturated rings. The Morgan fingerprint density at radius 2 is 0.976 bits per heavy atom. The van der Waals surface area contributed by atoms with Crippen LogP contribution in [0.2, 0.25) is 0 Å². The largest absolute Gasteiger partial charge is 0.507 e. The van der Waals surface area contributed by atoms with Crippen LogP contribution >= 0.6 is 0 Å². The van der Waals surface area contributed by atoms with Gasteiger partial charge < -0.3 is 52.3 Å². The van der Waals surface area contributed by atoms with Crippen molar-refractivity contribution in [3.63, 3.8) is 0 Å². The number of rotatable bonds is 12. The van der Waals surface area contributed by atoms with E-state index in [1.807, 2.05) is 10.6 Å². The molecule has 3 rings (SSSR count). The number of carboxylic acid groups (broad SMARTS) is 2. The lowest BCUT2D eigenvalue weighted by Gasteiger charge is -2.25. The Morgan fingerprint density at radius 3 is 1.31 bits per heavy atom. The number of aromatic hydroxyl groups is 2. The number of nitrogens with one attached hydrogen (secondary N) is 6. The molecule has 224 valence electrons. The Balaban J connectivity index is 1.82. The van der Waals surface area contributed by atoms with E-state index in [4.69, 9.17) is 10.2 Å². The van der Waals surface area contributed by atoms with Crippen LogP contribution in [-0.4, -0.2) is 94.3 Å². The highest BCUT2D eigenvalue weighted by Crippen LogP contribution is 2.42. The van der Waals surface area contributed by atoms with Gasteiger partial charge in [-0.2, -0.15) is 0 Å². The number of hydrogen-bond donors (Lipinski definition) is 10. The molecule has 1 aliphatic rings. The monoisotopic (exact) mass is 586 g/mol. The molecule has 2 aromatic carbocycles. The average molecular weight is 587 g/mol. The fourth-order valence-electron chi connectivity index (χ4n) is 4.23. The van der Waals surface area contributed by atoms with Crippen molar-refractivity contribution in [2.75, 3.05) is 36.8 Å². The van der Waals surface area contributed by atoms with Crippen molar-refractivity contribution in [2.45, 2.75) is 25.9 Å². The van der Waals surface area contributed by atoms with Crippen molar-refractivity contribution in [3.05, 3.63) is 46.5 Å². The maximum absolute atomic E-state index is 13.6. The van der Waals surface area contributed by atoms with Crippen LogP contribution in [0.5, 0.6) is 11.5 Å². The van der Waals surface area contributed by atoms with Crippen LogP contribution in [0, 0.1) is 0 Å². The summed E-state index contributed by atoms with van der Waals surface area (Å²) in [6.07, 6.45) is -2.72. The number of benzene rings is 2. The molecule has 0 spiro atoms. The Hall–Kier alpha value is -5.54. The second-order valence-corrected chi connectivity index (χ2v) is 9.20. The van der Waals surface area contributed by atoms with Crippen LogP contribution in [0.3, 0.4) is 0 Å². The Labute approximate surface area is 238 Å². The first-order valence-corrected chi connectivity index (χ1v) is 12.7. The molecule has 2 aromatic rings. The summed E-state index contributed by atoms with van der Waals surface area (Å²) < 4.78 is 0. The van der Waals surface area contributed by atoms with Gasteiger partial charge in [-0.05, 0) is 38.1 Å². The topological polar surface area (TPSA) is 256 Å². The molecular weight excluding hydrogens is 556 g/mol. The van der Waals surface area contributed by atoms with E-state index in [9.17, 15) is 39.0 Å². The van der Waals surface area contributed by atoms with E-state index in [-0.39, 0.29) is 59.8 Å². The molecule has 16 heteroatoms. The van der Waals surface area contributed by atoms with Crippen molar-refractivity contribution >= 4 is 46.9 Å². The van der Waals surface area contributed by atoms with Gasteiger partial charge in [0.25, 0.3) is 0 Å². The van der Waals surface area contributed by atoms with Gasteiger partial charge in [0, 0.05) is 37.6 Å². The van der Waals surface area contributed by atoms with Gasteiger partial charge in [0.2, 0.25) is 23.4 Å². The maximum atomic E-state index is 13.6. The molecule has 0 aliphatic heterocycles. The van der Waals surface area contributed by atoms with Crippen molar-refractivity contribution in [1.29, 1.82) is 0 Å². The van der Waals surface area contributed by atoms with Gasteiger partial charge >= 0.3 is 12.2 Å². The summed E-state index contributed by atoms with van der Waals surface area (Å²) in [4.78, 5) is 72.7. The molecule has 2 unspecified atom stereocenters. The fraction of sp³-hybridized carbons (Fsp3) is 0.308. The van der Waals surface area contributed by atoms with Crippen molar-refractivity contribution in [3.8, 4) is 11.5 Å². The molecule has 0 aromatic heterocycles. The van der Waals surface area contributed by atoms with E-state index >= 15 is 0 Å². The lowest BCUT2D eigenvalue weighted by atomic mass is 9.81. The lowest BCUT2D eigenvalue weighted by Crippen LogP contribution is -2.45. The molecule has 0 saturated heterocycles. The van der Waals surface area contributed by atoms with Crippen LogP contribution in [-0.2, 0) is 9.59 Å². The molecule has 42 heavy (non-hydrogen) atoms. The van der Waals surface area contributed by atoms with Crippen LogP contribution in [0.15, 0.2) is 24.3 Å². The lowest BCUT2D eigenvalue weighted by molar-refractivity contribution is -0.123. The van der Waals surface area contributed by atoms with Crippen molar-refractivity contribution in [2.24, 2.45) is 0 Å². The molecular formula is C26H30N6O10. The number of carbonyl (C=O) groups excluding carboxylic acids is 4. The minimum absolute atomic E-state index is 0.0267. The number of hydrogen-bond acceptors (Lipinski definition) is 10. The van der Waals surface area contributed by atoms with Gasteiger partial charge in [-0.1, -0.05) is 0 Å². The predicted octanol–water partition coefficient (Wildman–Crippen LogP) is 0.242. The first kappa shape index (κ1) is 31.0. The van der Waals surface area contributed by atoms with Crippen LogP contribution in [0.1, 0.15) is 45.7 Å². The number of amides is 4. The Morgan fingerprint density at radius 1 is 0.619 bits per heavy atom. The van der Waals surface area contributed by atoms with Crippen LogP contribution in [0.25, 0.3) is 0 Å². The summed E-state index contributed by atoms with van der Waals surface area (Å²) in [5, 5.41) is 53.2. The summed E-state index contributed by atoms with van der Waals surface area (Å²) in [5.74, 6) is -3.66. The van der Waals surface area contributed by atoms with Gasteiger partial charge in [-0.15, -0.1) is 0 Å². The Bertz CT molecular complexity index is 1340. The summed E-state index contributed by atoms with van der Waals surface area (Å²) in [6, 6.07) is 3.15. The van der Waals surface area contributed by atoms with E-state index in [1.165, 1.54) is 26.0 Å². The molecule has 4 amide bonds.